The zero-order valence-corrected chi connectivity index (χ0v) is 6.52. The Morgan fingerprint density at radius 2 is 2.40 bits per heavy atom. The second-order valence-electron chi connectivity index (χ2n) is 1.63. The zero-order valence-electron chi connectivity index (χ0n) is 4.89. The van der Waals surface area contributed by atoms with Crippen molar-refractivity contribution >= 4 is 23.1 Å². The lowest BCUT2D eigenvalue weighted by molar-refractivity contribution is 1.38. The molecule has 3 nitrogen and oxygen atoms in total. The summed E-state index contributed by atoms with van der Waals surface area (Å²) in [4.78, 5) is 4.08. The predicted molar refractivity (Wildman–Crippen MR) is 41.0 cm³/mol. The summed E-state index contributed by atoms with van der Waals surface area (Å²) >= 11 is 2.78. The van der Waals surface area contributed by atoms with Crippen molar-refractivity contribution in [3.05, 3.63) is 17.8 Å². The van der Waals surface area contributed by atoms with Gasteiger partial charge in [0.25, 0.3) is 0 Å². The van der Waals surface area contributed by atoms with E-state index in [2.05, 4.69) is 13.7 Å². The van der Waals surface area contributed by atoms with Crippen molar-refractivity contribution in [3.63, 3.8) is 0 Å². The molecule has 0 atom stereocenters. The fourth-order valence-corrected chi connectivity index (χ4v) is 1.67. The Hall–Kier alpha value is -0.810. The molecule has 0 saturated carbocycles. The molecule has 2 rings (SSSR count). The predicted octanol–water partition coefficient (Wildman–Crippen LogP) is 1.66. The molecule has 0 saturated heterocycles. The van der Waals surface area contributed by atoms with E-state index in [0.717, 1.165) is 10.7 Å². The second-order valence-corrected chi connectivity index (χ2v) is 3.08. The van der Waals surface area contributed by atoms with E-state index in [1.807, 2.05) is 5.38 Å². The number of hydrogen-bond donors (Lipinski definition) is 0. The quantitative estimate of drug-likeness (QED) is 0.651. The maximum atomic E-state index is 4.08. The summed E-state index contributed by atoms with van der Waals surface area (Å²) in [5.74, 6) is 0. The van der Waals surface area contributed by atoms with Crippen LogP contribution < -0.4 is 0 Å². The van der Waals surface area contributed by atoms with E-state index in [-0.39, 0.29) is 0 Å². The van der Waals surface area contributed by atoms with E-state index in [0.29, 0.717) is 0 Å². The van der Waals surface area contributed by atoms with E-state index in [1.54, 1.807) is 23.7 Å². The molecular formula is C5H3N3S2. The van der Waals surface area contributed by atoms with E-state index < -0.39 is 0 Å². The first-order valence-corrected chi connectivity index (χ1v) is 4.25. The topological polar surface area (TPSA) is 38.7 Å². The van der Waals surface area contributed by atoms with Gasteiger partial charge in [-0.05, 0) is 0 Å². The van der Waals surface area contributed by atoms with Gasteiger partial charge in [0.2, 0.25) is 0 Å². The largest absolute Gasteiger partial charge is 0.243 e. The highest BCUT2D eigenvalue weighted by atomic mass is 32.1. The molecule has 50 valence electrons. The minimum atomic E-state index is 0.875. The average Bonchev–Trinajstić information content (AvgIpc) is 2.59. The highest BCUT2D eigenvalue weighted by Crippen LogP contribution is 2.18. The Balaban J connectivity index is 2.48. The molecule has 2 heterocycles. The highest BCUT2D eigenvalue weighted by Gasteiger charge is 2.00. The summed E-state index contributed by atoms with van der Waals surface area (Å²) in [7, 11) is 0. The third-order valence-corrected chi connectivity index (χ3v) is 2.29. The van der Waals surface area contributed by atoms with Gasteiger partial charge in [0.05, 0.1) is 17.9 Å². The average molecular weight is 169 g/mol. The molecule has 10 heavy (non-hydrogen) atoms. The first-order chi connectivity index (χ1) is 4.97. The normalized spacial score (nSPS) is 10.0. The molecule has 2 aromatic rings. The lowest BCUT2D eigenvalue weighted by atomic mass is 10.5. The van der Waals surface area contributed by atoms with Crippen molar-refractivity contribution in [3.8, 4) is 10.7 Å². The van der Waals surface area contributed by atoms with Gasteiger partial charge in [-0.3, -0.25) is 0 Å². The van der Waals surface area contributed by atoms with Crippen molar-refractivity contribution in [2.75, 3.05) is 0 Å². The molecule has 2 aromatic heterocycles. The fraction of sp³-hybridized carbons (Fsp3) is 0. The smallest absolute Gasteiger partial charge is 0.144 e. The van der Waals surface area contributed by atoms with Crippen molar-refractivity contribution in [2.45, 2.75) is 0 Å². The first-order valence-electron chi connectivity index (χ1n) is 2.64. The molecule has 0 aliphatic heterocycles. The van der Waals surface area contributed by atoms with Gasteiger partial charge in [-0.25, -0.2) is 4.98 Å². The van der Waals surface area contributed by atoms with Crippen LogP contribution in [0, 0.1) is 0 Å². The molecule has 0 aliphatic carbocycles. The SMILES string of the molecule is c1csc(-c2cnsn2)n1. The van der Waals surface area contributed by atoms with Crippen molar-refractivity contribution in [2.24, 2.45) is 0 Å². The van der Waals surface area contributed by atoms with Crippen LogP contribution >= 0.6 is 23.1 Å². The third-order valence-electron chi connectivity index (χ3n) is 1.01. The maximum absolute atomic E-state index is 4.08. The van der Waals surface area contributed by atoms with Crippen LogP contribution in [0.4, 0.5) is 0 Å². The van der Waals surface area contributed by atoms with Gasteiger partial charge >= 0.3 is 0 Å². The maximum Gasteiger partial charge on any atom is 0.144 e. The number of aromatic nitrogens is 3. The number of rotatable bonds is 1. The van der Waals surface area contributed by atoms with Gasteiger partial charge in [-0.2, -0.15) is 8.75 Å². The first kappa shape index (κ1) is 5.94. The van der Waals surface area contributed by atoms with E-state index in [4.69, 9.17) is 0 Å². The molecule has 0 spiro atoms. The van der Waals surface area contributed by atoms with Gasteiger partial charge in [0.1, 0.15) is 10.7 Å². The monoisotopic (exact) mass is 169 g/mol. The molecule has 0 radical (unpaired) electrons. The van der Waals surface area contributed by atoms with Crippen LogP contribution in [-0.4, -0.2) is 13.7 Å². The molecule has 0 bridgehead atoms. The van der Waals surface area contributed by atoms with Crippen LogP contribution in [0.25, 0.3) is 10.7 Å². The van der Waals surface area contributed by atoms with Gasteiger partial charge in [-0.1, -0.05) is 0 Å². The van der Waals surface area contributed by atoms with E-state index >= 15 is 0 Å². The van der Waals surface area contributed by atoms with Crippen LogP contribution in [0.1, 0.15) is 0 Å². The number of hydrogen-bond acceptors (Lipinski definition) is 5. The van der Waals surface area contributed by atoms with Gasteiger partial charge in [0.15, 0.2) is 0 Å². The second kappa shape index (κ2) is 2.43. The lowest BCUT2D eigenvalue weighted by Gasteiger charge is -1.80. The summed E-state index contributed by atoms with van der Waals surface area (Å²) in [5.41, 5.74) is 0.875. The summed E-state index contributed by atoms with van der Waals surface area (Å²) < 4.78 is 7.91. The molecular weight excluding hydrogens is 166 g/mol. The zero-order chi connectivity index (χ0) is 6.81. The summed E-state index contributed by atoms with van der Waals surface area (Å²) in [6, 6.07) is 0. The third kappa shape index (κ3) is 0.932. The summed E-state index contributed by atoms with van der Waals surface area (Å²) in [6.45, 7) is 0. The van der Waals surface area contributed by atoms with Crippen LogP contribution in [-0.2, 0) is 0 Å². The van der Waals surface area contributed by atoms with Gasteiger partial charge in [0, 0.05) is 11.6 Å². The molecule has 0 N–H and O–H groups in total. The number of nitrogens with zero attached hydrogens (tertiary/aromatic N) is 3. The summed E-state index contributed by atoms with van der Waals surface area (Å²) in [6.07, 6.45) is 3.49. The Bertz CT molecular complexity index is 254. The number of thiazole rings is 1. The minimum absolute atomic E-state index is 0.875. The Morgan fingerprint density at radius 1 is 1.40 bits per heavy atom. The van der Waals surface area contributed by atoms with Crippen LogP contribution in [0.5, 0.6) is 0 Å². The molecule has 0 aromatic carbocycles. The molecule has 0 fully saturated rings. The van der Waals surface area contributed by atoms with Crippen LogP contribution in [0.2, 0.25) is 0 Å². The van der Waals surface area contributed by atoms with Crippen LogP contribution in [0.3, 0.4) is 0 Å². The lowest BCUT2D eigenvalue weighted by Crippen LogP contribution is -1.70. The van der Waals surface area contributed by atoms with Crippen molar-refractivity contribution < 1.29 is 0 Å². The van der Waals surface area contributed by atoms with Gasteiger partial charge < -0.3 is 0 Å². The Labute approximate surface area is 65.7 Å². The van der Waals surface area contributed by atoms with Crippen molar-refractivity contribution in [1.82, 2.24) is 13.7 Å². The molecule has 0 aliphatic rings. The minimum Gasteiger partial charge on any atom is -0.243 e. The Kier molecular flexibility index (Phi) is 1.44. The molecule has 0 amide bonds. The van der Waals surface area contributed by atoms with E-state index in [9.17, 15) is 0 Å². The van der Waals surface area contributed by atoms with Crippen molar-refractivity contribution in [1.29, 1.82) is 0 Å². The standard InChI is InChI=1S/C5H3N3S2/c1-2-9-5(6-1)4-3-7-10-8-4/h1-3H. The molecule has 5 heteroatoms. The highest BCUT2D eigenvalue weighted by molar-refractivity contribution is 7.13. The van der Waals surface area contributed by atoms with Gasteiger partial charge in [-0.15, -0.1) is 11.3 Å². The molecule has 0 unspecified atom stereocenters. The summed E-state index contributed by atoms with van der Waals surface area (Å²) in [5, 5.41) is 2.86. The van der Waals surface area contributed by atoms with Crippen LogP contribution in [0.15, 0.2) is 17.8 Å². The fourth-order valence-electron chi connectivity index (χ4n) is 0.609. The Morgan fingerprint density at radius 3 is 3.00 bits per heavy atom. The van der Waals surface area contributed by atoms with E-state index in [1.165, 1.54) is 11.7 Å².